The number of benzene rings is 2. The number of furan rings is 1. The molecule has 0 atom stereocenters. The van der Waals surface area contributed by atoms with Crippen molar-refractivity contribution in [2.75, 3.05) is 24.9 Å². The smallest absolute Gasteiger partial charge is 0.262 e. The maximum Gasteiger partial charge on any atom is 0.262 e. The van der Waals surface area contributed by atoms with E-state index in [1.807, 2.05) is 0 Å². The molecular weight excluding hydrogens is 458 g/mol. The molecule has 0 saturated carbocycles. The Hall–Kier alpha value is -3.79. The normalized spacial score (nSPS) is 14.4. The van der Waals surface area contributed by atoms with E-state index >= 15 is 0 Å². The first-order chi connectivity index (χ1) is 16.4. The van der Waals surface area contributed by atoms with Gasteiger partial charge in [0.25, 0.3) is 21.8 Å². The van der Waals surface area contributed by atoms with E-state index in [0.717, 1.165) is 0 Å². The van der Waals surface area contributed by atoms with Crippen molar-refractivity contribution < 1.29 is 27.2 Å². The first-order valence-corrected chi connectivity index (χ1v) is 12.2. The van der Waals surface area contributed by atoms with Gasteiger partial charge in [0.1, 0.15) is 12.0 Å². The molecular formula is C24H25N3O6S. The number of carbonyl (C=O) groups excluding carboxylic acids is 2. The second-order valence-electron chi connectivity index (χ2n) is 7.88. The van der Waals surface area contributed by atoms with Gasteiger partial charge in [-0.05, 0) is 55.3 Å². The van der Waals surface area contributed by atoms with Crippen molar-refractivity contribution in [2.24, 2.45) is 0 Å². The Morgan fingerprint density at radius 3 is 2.35 bits per heavy atom. The van der Waals surface area contributed by atoms with E-state index < -0.39 is 10.0 Å². The first-order valence-electron chi connectivity index (χ1n) is 10.8. The van der Waals surface area contributed by atoms with E-state index in [-0.39, 0.29) is 22.8 Å². The summed E-state index contributed by atoms with van der Waals surface area (Å²) in [6.07, 6.45) is 4.15. The summed E-state index contributed by atoms with van der Waals surface area (Å²) in [4.78, 5) is 26.8. The summed E-state index contributed by atoms with van der Waals surface area (Å²) < 4.78 is 38.1. The van der Waals surface area contributed by atoms with Crippen molar-refractivity contribution in [2.45, 2.75) is 23.8 Å². The predicted molar refractivity (Wildman–Crippen MR) is 125 cm³/mol. The molecule has 0 unspecified atom stereocenters. The number of nitrogens with one attached hydrogen (secondary N) is 2. The van der Waals surface area contributed by atoms with Gasteiger partial charge in [-0.15, -0.1) is 0 Å². The maximum absolute atomic E-state index is 12.7. The molecule has 2 N–H and O–H groups in total. The van der Waals surface area contributed by atoms with Crippen LogP contribution in [0, 0.1) is 0 Å². The topological polar surface area (TPSA) is 118 Å². The van der Waals surface area contributed by atoms with Crippen molar-refractivity contribution >= 4 is 27.5 Å². The van der Waals surface area contributed by atoms with Crippen LogP contribution in [0.2, 0.25) is 0 Å². The molecule has 2 amide bonds. The molecule has 1 saturated heterocycles. The SMILES string of the molecule is COc1ccccc1NS(=O)(=O)c1ccc(C(=O)NC2CCN(C(=O)c3ccoc3)CC2)cc1. The molecule has 2 heterocycles. The number of hydrogen-bond donors (Lipinski definition) is 2. The van der Waals surface area contributed by atoms with Crippen LogP contribution in [-0.4, -0.2) is 51.4 Å². The number of para-hydroxylation sites is 2. The van der Waals surface area contributed by atoms with Gasteiger partial charge in [-0.1, -0.05) is 12.1 Å². The van der Waals surface area contributed by atoms with E-state index in [2.05, 4.69) is 10.0 Å². The van der Waals surface area contributed by atoms with Crippen LogP contribution in [0.25, 0.3) is 0 Å². The van der Waals surface area contributed by atoms with E-state index in [9.17, 15) is 18.0 Å². The van der Waals surface area contributed by atoms with Gasteiger partial charge in [-0.2, -0.15) is 0 Å². The summed E-state index contributed by atoms with van der Waals surface area (Å²) in [6.45, 7) is 1.06. The van der Waals surface area contributed by atoms with E-state index in [0.29, 0.717) is 48.5 Å². The predicted octanol–water partition coefficient (Wildman–Crippen LogP) is 3.12. The molecule has 10 heteroatoms. The van der Waals surface area contributed by atoms with Crippen LogP contribution >= 0.6 is 0 Å². The first kappa shape index (κ1) is 23.4. The van der Waals surface area contributed by atoms with Crippen molar-refractivity contribution in [3.8, 4) is 5.75 Å². The monoisotopic (exact) mass is 483 g/mol. The number of sulfonamides is 1. The van der Waals surface area contributed by atoms with Crippen LogP contribution in [0.3, 0.4) is 0 Å². The Kier molecular flexibility index (Phi) is 6.87. The molecule has 0 radical (unpaired) electrons. The Bertz CT molecular complexity index is 1250. The number of hydrogen-bond acceptors (Lipinski definition) is 6. The van der Waals surface area contributed by atoms with Crippen LogP contribution in [0.15, 0.2) is 76.4 Å². The molecule has 2 aromatic carbocycles. The fourth-order valence-corrected chi connectivity index (χ4v) is 4.85. The minimum Gasteiger partial charge on any atom is -0.495 e. The Labute approximate surface area is 197 Å². The molecule has 178 valence electrons. The lowest BCUT2D eigenvalue weighted by atomic mass is 10.0. The highest BCUT2D eigenvalue weighted by Crippen LogP contribution is 2.26. The molecule has 3 aromatic rings. The van der Waals surface area contributed by atoms with Crippen LogP contribution < -0.4 is 14.8 Å². The molecule has 0 bridgehead atoms. The maximum atomic E-state index is 12.7. The lowest BCUT2D eigenvalue weighted by Crippen LogP contribution is -2.46. The van der Waals surface area contributed by atoms with Crippen LogP contribution in [0.1, 0.15) is 33.6 Å². The summed E-state index contributed by atoms with van der Waals surface area (Å²) >= 11 is 0. The van der Waals surface area contributed by atoms with Crippen molar-refractivity contribution in [1.82, 2.24) is 10.2 Å². The minimum atomic E-state index is -3.85. The van der Waals surface area contributed by atoms with Gasteiger partial charge in [-0.3, -0.25) is 14.3 Å². The number of piperidine rings is 1. The quantitative estimate of drug-likeness (QED) is 0.533. The number of methoxy groups -OCH3 is 1. The lowest BCUT2D eigenvalue weighted by molar-refractivity contribution is 0.0697. The molecule has 1 aliphatic heterocycles. The highest BCUT2D eigenvalue weighted by atomic mass is 32.2. The third-order valence-corrected chi connectivity index (χ3v) is 7.05. The van der Waals surface area contributed by atoms with Gasteiger partial charge < -0.3 is 19.4 Å². The average molecular weight is 484 g/mol. The Balaban J connectivity index is 1.34. The highest BCUT2D eigenvalue weighted by Gasteiger charge is 2.25. The lowest BCUT2D eigenvalue weighted by Gasteiger charge is -2.32. The van der Waals surface area contributed by atoms with Crippen molar-refractivity contribution in [1.29, 1.82) is 0 Å². The van der Waals surface area contributed by atoms with Crippen LogP contribution in [0.5, 0.6) is 5.75 Å². The van der Waals surface area contributed by atoms with Gasteiger partial charge >= 0.3 is 0 Å². The molecule has 1 aliphatic rings. The summed E-state index contributed by atoms with van der Waals surface area (Å²) in [5.74, 6) is 0.0258. The van der Waals surface area contributed by atoms with E-state index in [4.69, 9.17) is 9.15 Å². The summed E-state index contributed by atoms with van der Waals surface area (Å²) in [5, 5.41) is 2.97. The molecule has 9 nitrogen and oxygen atoms in total. The average Bonchev–Trinajstić information content (AvgIpc) is 3.39. The number of nitrogens with zero attached hydrogens (tertiary/aromatic N) is 1. The fourth-order valence-electron chi connectivity index (χ4n) is 3.78. The standard InChI is InChI=1S/C24H25N3O6S/c1-32-22-5-3-2-4-21(22)26-34(30,31)20-8-6-17(7-9-20)23(28)25-19-10-13-27(14-11-19)24(29)18-12-15-33-16-18/h2-9,12,15-16,19,26H,10-11,13-14H2,1H3,(H,25,28). The van der Waals surface area contributed by atoms with Crippen molar-refractivity contribution in [3.63, 3.8) is 0 Å². The van der Waals surface area contributed by atoms with Gasteiger partial charge in [0, 0.05) is 24.7 Å². The third-order valence-electron chi connectivity index (χ3n) is 5.66. The molecule has 1 aromatic heterocycles. The highest BCUT2D eigenvalue weighted by molar-refractivity contribution is 7.92. The summed E-state index contributed by atoms with van der Waals surface area (Å²) in [5.41, 5.74) is 1.19. The Morgan fingerprint density at radius 1 is 1.00 bits per heavy atom. The number of rotatable bonds is 7. The van der Waals surface area contributed by atoms with Crippen LogP contribution in [-0.2, 0) is 10.0 Å². The zero-order chi connectivity index (χ0) is 24.1. The zero-order valence-electron chi connectivity index (χ0n) is 18.6. The number of likely N-dealkylation sites (tertiary alicyclic amines) is 1. The number of amides is 2. The molecule has 1 fully saturated rings. The van der Waals surface area contributed by atoms with E-state index in [1.54, 1.807) is 35.2 Å². The zero-order valence-corrected chi connectivity index (χ0v) is 19.4. The molecule has 0 aliphatic carbocycles. The second kappa shape index (κ2) is 10.0. The summed E-state index contributed by atoms with van der Waals surface area (Å²) in [6, 6.07) is 14.0. The van der Waals surface area contributed by atoms with Gasteiger partial charge in [-0.25, -0.2) is 8.42 Å². The van der Waals surface area contributed by atoms with Crippen LogP contribution in [0.4, 0.5) is 5.69 Å². The largest absolute Gasteiger partial charge is 0.495 e. The number of ether oxygens (including phenoxy) is 1. The van der Waals surface area contributed by atoms with Crippen molar-refractivity contribution in [3.05, 3.63) is 78.3 Å². The number of anilines is 1. The molecule has 0 spiro atoms. The van der Waals surface area contributed by atoms with Gasteiger partial charge in [0.05, 0.1) is 29.5 Å². The van der Waals surface area contributed by atoms with E-state index in [1.165, 1.54) is 43.9 Å². The minimum absolute atomic E-state index is 0.0287. The molecule has 4 rings (SSSR count). The fraction of sp³-hybridized carbons (Fsp3) is 0.250. The molecule has 34 heavy (non-hydrogen) atoms. The Morgan fingerprint density at radius 2 is 1.71 bits per heavy atom. The third kappa shape index (κ3) is 5.23. The van der Waals surface area contributed by atoms with Gasteiger partial charge in [0.2, 0.25) is 0 Å². The second-order valence-corrected chi connectivity index (χ2v) is 9.56. The number of carbonyl (C=O) groups is 2. The van der Waals surface area contributed by atoms with Gasteiger partial charge in [0.15, 0.2) is 0 Å². The summed E-state index contributed by atoms with van der Waals surface area (Å²) in [7, 11) is -2.39.